The molecule has 0 saturated carbocycles. The zero-order valence-corrected chi connectivity index (χ0v) is 11.8. The number of hydrogen-bond donors (Lipinski definition) is 1. The van der Waals surface area contributed by atoms with E-state index in [-0.39, 0.29) is 0 Å². The van der Waals surface area contributed by atoms with Crippen molar-refractivity contribution in [2.75, 3.05) is 0 Å². The van der Waals surface area contributed by atoms with Gasteiger partial charge < -0.3 is 5.11 Å². The summed E-state index contributed by atoms with van der Waals surface area (Å²) in [7, 11) is 0. The normalized spacial score (nSPS) is 13.0. The van der Waals surface area contributed by atoms with Crippen molar-refractivity contribution in [2.45, 2.75) is 19.6 Å². The van der Waals surface area contributed by atoms with Crippen LogP contribution in [-0.2, 0) is 6.54 Å². The number of thiophene rings is 1. The number of aliphatic hydroxyl groups excluding tert-OH is 1. The van der Waals surface area contributed by atoms with Gasteiger partial charge in [-0.2, -0.15) is 0 Å². The Labute approximate surface area is 119 Å². The third-order valence-electron chi connectivity index (χ3n) is 2.89. The van der Waals surface area contributed by atoms with Crippen molar-refractivity contribution in [3.8, 4) is 0 Å². The van der Waals surface area contributed by atoms with Gasteiger partial charge in [0.15, 0.2) is 0 Å². The quantitative estimate of drug-likeness (QED) is 0.806. The van der Waals surface area contributed by atoms with Gasteiger partial charge in [-0.3, -0.25) is 0 Å². The molecule has 3 rings (SSSR count). The zero-order chi connectivity index (χ0) is 13.4. The summed E-state index contributed by atoms with van der Waals surface area (Å²) in [6.45, 7) is 2.23. The topological polar surface area (TPSA) is 50.9 Å². The maximum atomic E-state index is 9.43. The first-order valence-corrected chi connectivity index (χ1v) is 7.08. The van der Waals surface area contributed by atoms with Crippen LogP contribution < -0.4 is 0 Å². The Balaban J connectivity index is 1.94. The standard InChI is InChI=1S/C13H12ClN3OS/c1-8(18)10-6-17(16-15-10)7-12-13(14)9-4-2-3-5-11(9)19-12/h2-6,8,18H,7H2,1H3. The lowest BCUT2D eigenvalue weighted by molar-refractivity contribution is 0.194. The van der Waals surface area contributed by atoms with E-state index < -0.39 is 6.10 Å². The summed E-state index contributed by atoms with van der Waals surface area (Å²) in [6.07, 6.45) is 1.14. The molecule has 1 atom stereocenters. The summed E-state index contributed by atoms with van der Waals surface area (Å²) in [4.78, 5) is 1.05. The van der Waals surface area contributed by atoms with E-state index in [1.807, 2.05) is 18.2 Å². The third-order valence-corrected chi connectivity index (χ3v) is 4.59. The van der Waals surface area contributed by atoms with E-state index in [0.717, 1.165) is 15.3 Å². The maximum absolute atomic E-state index is 9.43. The molecule has 3 aromatic rings. The van der Waals surface area contributed by atoms with Gasteiger partial charge in [-0.25, -0.2) is 4.68 Å². The number of halogens is 1. The predicted molar refractivity (Wildman–Crippen MR) is 76.6 cm³/mol. The Kier molecular flexibility index (Phi) is 3.26. The minimum Gasteiger partial charge on any atom is -0.387 e. The average Bonchev–Trinajstić information content (AvgIpc) is 2.97. The van der Waals surface area contributed by atoms with Crippen molar-refractivity contribution in [2.24, 2.45) is 0 Å². The van der Waals surface area contributed by atoms with Crippen LogP contribution in [0.4, 0.5) is 0 Å². The van der Waals surface area contributed by atoms with E-state index in [9.17, 15) is 5.11 Å². The van der Waals surface area contributed by atoms with Crippen LogP contribution in [0.25, 0.3) is 10.1 Å². The van der Waals surface area contributed by atoms with Crippen molar-refractivity contribution < 1.29 is 5.11 Å². The molecule has 19 heavy (non-hydrogen) atoms. The molecule has 1 N–H and O–H groups in total. The first kappa shape index (κ1) is 12.6. The van der Waals surface area contributed by atoms with Crippen LogP contribution in [0.15, 0.2) is 30.5 Å². The number of nitrogens with zero attached hydrogens (tertiary/aromatic N) is 3. The van der Waals surface area contributed by atoms with Gasteiger partial charge in [-0.05, 0) is 13.0 Å². The molecule has 0 aliphatic carbocycles. The number of hydrogen-bond acceptors (Lipinski definition) is 4. The highest BCUT2D eigenvalue weighted by molar-refractivity contribution is 7.19. The van der Waals surface area contributed by atoms with Crippen LogP contribution in [0.3, 0.4) is 0 Å². The fourth-order valence-electron chi connectivity index (χ4n) is 1.90. The number of aromatic nitrogens is 3. The molecule has 0 aliphatic rings. The molecule has 1 aromatic carbocycles. The van der Waals surface area contributed by atoms with Crippen LogP contribution in [0.1, 0.15) is 23.6 Å². The average molecular weight is 294 g/mol. The van der Waals surface area contributed by atoms with Crippen molar-refractivity contribution in [1.29, 1.82) is 0 Å². The zero-order valence-electron chi connectivity index (χ0n) is 10.2. The molecule has 0 bridgehead atoms. The smallest absolute Gasteiger partial charge is 0.111 e. The molecule has 0 amide bonds. The molecule has 0 spiro atoms. The third kappa shape index (κ3) is 2.36. The minimum absolute atomic E-state index is 0.567. The molecule has 0 aliphatic heterocycles. The van der Waals surface area contributed by atoms with Gasteiger partial charge in [-0.1, -0.05) is 35.0 Å². The second kappa shape index (κ2) is 4.92. The van der Waals surface area contributed by atoms with Gasteiger partial charge in [-0.15, -0.1) is 16.4 Å². The van der Waals surface area contributed by atoms with Crippen LogP contribution in [0.5, 0.6) is 0 Å². The highest BCUT2D eigenvalue weighted by Crippen LogP contribution is 2.35. The molecule has 1 unspecified atom stereocenters. The summed E-state index contributed by atoms with van der Waals surface area (Å²) >= 11 is 8.03. The molecule has 0 saturated heterocycles. The van der Waals surface area contributed by atoms with Crippen LogP contribution in [0, 0.1) is 0 Å². The Bertz CT molecular complexity index is 720. The largest absolute Gasteiger partial charge is 0.387 e. The highest BCUT2D eigenvalue weighted by atomic mass is 35.5. The predicted octanol–water partition coefficient (Wildman–Crippen LogP) is 3.25. The van der Waals surface area contributed by atoms with Gasteiger partial charge in [0.1, 0.15) is 5.69 Å². The summed E-state index contributed by atoms with van der Waals surface area (Å²) in [5.74, 6) is 0. The minimum atomic E-state index is -0.605. The van der Waals surface area contributed by atoms with Crippen molar-refractivity contribution in [3.05, 3.63) is 46.1 Å². The number of aliphatic hydroxyl groups is 1. The second-order valence-electron chi connectivity index (χ2n) is 4.35. The van der Waals surface area contributed by atoms with Gasteiger partial charge in [0.25, 0.3) is 0 Å². The van der Waals surface area contributed by atoms with Gasteiger partial charge in [0.2, 0.25) is 0 Å². The van der Waals surface area contributed by atoms with Crippen LogP contribution in [0.2, 0.25) is 5.02 Å². The molecule has 98 valence electrons. The number of benzene rings is 1. The Hall–Kier alpha value is -1.43. The van der Waals surface area contributed by atoms with Crippen molar-refractivity contribution in [1.82, 2.24) is 15.0 Å². The number of rotatable bonds is 3. The second-order valence-corrected chi connectivity index (χ2v) is 5.87. The highest BCUT2D eigenvalue weighted by Gasteiger charge is 2.12. The van der Waals surface area contributed by atoms with Gasteiger partial charge in [0, 0.05) is 15.0 Å². The lowest BCUT2D eigenvalue weighted by Gasteiger charge is -1.98. The fourth-order valence-corrected chi connectivity index (χ4v) is 3.38. The van der Waals surface area contributed by atoms with Gasteiger partial charge in [0.05, 0.1) is 23.9 Å². The molecular weight excluding hydrogens is 282 g/mol. The van der Waals surface area contributed by atoms with Crippen molar-refractivity contribution >= 4 is 33.0 Å². The summed E-state index contributed by atoms with van der Waals surface area (Å²) in [5.41, 5.74) is 0.567. The molecule has 0 radical (unpaired) electrons. The summed E-state index contributed by atoms with van der Waals surface area (Å²) < 4.78 is 2.86. The number of fused-ring (bicyclic) bond motifs is 1. The Morgan fingerprint density at radius 1 is 1.42 bits per heavy atom. The molecule has 6 heteroatoms. The lowest BCUT2D eigenvalue weighted by Crippen LogP contribution is -1.98. The van der Waals surface area contributed by atoms with E-state index in [1.165, 1.54) is 4.70 Å². The monoisotopic (exact) mass is 293 g/mol. The Morgan fingerprint density at radius 3 is 2.89 bits per heavy atom. The molecule has 2 aromatic heterocycles. The SMILES string of the molecule is CC(O)c1cn(Cc2sc3ccccc3c2Cl)nn1. The first-order valence-electron chi connectivity index (χ1n) is 5.89. The maximum Gasteiger partial charge on any atom is 0.111 e. The summed E-state index contributed by atoms with van der Waals surface area (Å²) in [5, 5.41) is 19.2. The van der Waals surface area contributed by atoms with E-state index in [4.69, 9.17) is 11.6 Å². The van der Waals surface area contributed by atoms with E-state index in [1.54, 1.807) is 29.1 Å². The summed E-state index contributed by atoms with van der Waals surface area (Å²) in [6, 6.07) is 8.05. The van der Waals surface area contributed by atoms with E-state index in [2.05, 4.69) is 16.4 Å². The van der Waals surface area contributed by atoms with Gasteiger partial charge >= 0.3 is 0 Å². The molecular formula is C13H12ClN3OS. The molecule has 0 fully saturated rings. The Morgan fingerprint density at radius 2 is 2.21 bits per heavy atom. The van der Waals surface area contributed by atoms with E-state index >= 15 is 0 Å². The first-order chi connectivity index (χ1) is 9.15. The van der Waals surface area contributed by atoms with Crippen LogP contribution >= 0.6 is 22.9 Å². The molecule has 4 nitrogen and oxygen atoms in total. The molecule has 2 heterocycles. The fraction of sp³-hybridized carbons (Fsp3) is 0.231. The van der Waals surface area contributed by atoms with Crippen molar-refractivity contribution in [3.63, 3.8) is 0 Å². The van der Waals surface area contributed by atoms with E-state index in [0.29, 0.717) is 12.2 Å². The van der Waals surface area contributed by atoms with Crippen LogP contribution in [-0.4, -0.2) is 20.1 Å². The lowest BCUT2D eigenvalue weighted by atomic mass is 10.2.